The van der Waals surface area contributed by atoms with Gasteiger partial charge >= 0.3 is 5.97 Å². The van der Waals surface area contributed by atoms with Crippen molar-refractivity contribution in [2.45, 2.75) is 52.4 Å². The molecular formula is C15H21NO3S. The molecule has 1 aromatic heterocycles. The van der Waals surface area contributed by atoms with Gasteiger partial charge in [0.05, 0.1) is 5.56 Å². The van der Waals surface area contributed by atoms with Gasteiger partial charge in [-0.3, -0.25) is 4.79 Å². The molecule has 1 aromatic rings. The lowest BCUT2D eigenvalue weighted by molar-refractivity contribution is -0.116. The first-order chi connectivity index (χ1) is 9.52. The Morgan fingerprint density at radius 1 is 1.45 bits per heavy atom. The molecule has 0 spiro atoms. The highest BCUT2D eigenvalue weighted by Crippen LogP contribution is 2.39. The Kier molecular flexibility index (Phi) is 4.81. The molecule has 1 aliphatic carbocycles. The molecule has 5 heteroatoms. The molecule has 1 aliphatic rings. The van der Waals surface area contributed by atoms with E-state index in [1.54, 1.807) is 0 Å². The Hall–Kier alpha value is -1.36. The predicted octanol–water partition coefficient (Wildman–Crippen LogP) is 3.70. The second kappa shape index (κ2) is 6.39. The van der Waals surface area contributed by atoms with Crippen LogP contribution >= 0.6 is 11.3 Å². The van der Waals surface area contributed by atoms with Crippen molar-refractivity contribution < 1.29 is 14.7 Å². The van der Waals surface area contributed by atoms with E-state index in [-0.39, 0.29) is 5.91 Å². The number of thiophene rings is 1. The molecule has 0 saturated carbocycles. The fourth-order valence-corrected chi connectivity index (χ4v) is 4.01. The summed E-state index contributed by atoms with van der Waals surface area (Å²) in [4.78, 5) is 24.4. The van der Waals surface area contributed by atoms with Crippen molar-refractivity contribution in [3.63, 3.8) is 0 Å². The number of carbonyl (C=O) groups is 2. The van der Waals surface area contributed by atoms with Crippen molar-refractivity contribution in [1.82, 2.24) is 0 Å². The van der Waals surface area contributed by atoms with Gasteiger partial charge in [0.1, 0.15) is 5.00 Å². The fraction of sp³-hybridized carbons (Fsp3) is 0.600. The minimum Gasteiger partial charge on any atom is -0.478 e. The highest BCUT2D eigenvalue weighted by atomic mass is 32.1. The number of hydrogen-bond donors (Lipinski definition) is 2. The van der Waals surface area contributed by atoms with Crippen LogP contribution in [0.25, 0.3) is 0 Å². The number of aromatic carboxylic acids is 1. The first-order valence-electron chi connectivity index (χ1n) is 7.20. The van der Waals surface area contributed by atoms with E-state index in [1.807, 2.05) is 6.92 Å². The first kappa shape index (κ1) is 15.0. The van der Waals surface area contributed by atoms with E-state index in [0.717, 1.165) is 42.5 Å². The molecule has 2 N–H and O–H groups in total. The largest absolute Gasteiger partial charge is 0.478 e. The molecule has 1 unspecified atom stereocenters. The summed E-state index contributed by atoms with van der Waals surface area (Å²) in [5, 5.41) is 12.7. The molecule has 0 bridgehead atoms. The van der Waals surface area contributed by atoms with Gasteiger partial charge in [-0.1, -0.05) is 20.3 Å². The maximum absolute atomic E-state index is 11.8. The number of carboxylic acid groups (broad SMARTS) is 1. The number of carbonyl (C=O) groups excluding carboxylic acids is 1. The first-order valence-corrected chi connectivity index (χ1v) is 8.02. The molecule has 1 heterocycles. The van der Waals surface area contributed by atoms with Crippen molar-refractivity contribution in [3.8, 4) is 0 Å². The summed E-state index contributed by atoms with van der Waals surface area (Å²) in [6, 6.07) is 0. The quantitative estimate of drug-likeness (QED) is 0.870. The van der Waals surface area contributed by atoms with E-state index in [1.165, 1.54) is 11.3 Å². The van der Waals surface area contributed by atoms with E-state index in [2.05, 4.69) is 12.2 Å². The lowest BCUT2D eigenvalue weighted by Gasteiger charge is -2.17. The number of amides is 1. The van der Waals surface area contributed by atoms with Gasteiger partial charge in [0.25, 0.3) is 0 Å². The Balaban J connectivity index is 2.24. The number of anilines is 1. The van der Waals surface area contributed by atoms with Crippen molar-refractivity contribution in [2.24, 2.45) is 5.92 Å². The highest BCUT2D eigenvalue weighted by Gasteiger charge is 2.27. The molecule has 1 atom stereocenters. The number of fused-ring (bicyclic) bond motifs is 1. The lowest BCUT2D eigenvalue weighted by Crippen LogP contribution is -2.14. The van der Waals surface area contributed by atoms with Gasteiger partial charge < -0.3 is 10.4 Å². The second-order valence-corrected chi connectivity index (χ2v) is 6.62. The van der Waals surface area contributed by atoms with Crippen LogP contribution in [-0.4, -0.2) is 17.0 Å². The molecule has 0 aromatic carbocycles. The van der Waals surface area contributed by atoms with Crippen molar-refractivity contribution >= 4 is 28.2 Å². The highest BCUT2D eigenvalue weighted by molar-refractivity contribution is 7.17. The van der Waals surface area contributed by atoms with Crippen LogP contribution in [0.1, 0.15) is 60.3 Å². The van der Waals surface area contributed by atoms with E-state index >= 15 is 0 Å². The number of nitrogens with one attached hydrogen (secondary N) is 1. The Bertz CT molecular complexity index is 521. The van der Waals surface area contributed by atoms with Crippen LogP contribution in [0.15, 0.2) is 0 Å². The van der Waals surface area contributed by atoms with Gasteiger partial charge in [0.2, 0.25) is 5.91 Å². The van der Waals surface area contributed by atoms with E-state index in [0.29, 0.717) is 22.9 Å². The normalized spacial score (nSPS) is 17.6. The predicted molar refractivity (Wildman–Crippen MR) is 80.6 cm³/mol. The molecule has 4 nitrogen and oxygen atoms in total. The van der Waals surface area contributed by atoms with Crippen LogP contribution < -0.4 is 5.32 Å². The fourth-order valence-electron chi connectivity index (χ4n) is 2.59. The minimum absolute atomic E-state index is 0.0824. The van der Waals surface area contributed by atoms with Crippen molar-refractivity contribution in [3.05, 3.63) is 16.0 Å². The van der Waals surface area contributed by atoms with Crippen LogP contribution in [0.3, 0.4) is 0 Å². The van der Waals surface area contributed by atoms with Crippen molar-refractivity contribution in [2.75, 3.05) is 5.32 Å². The summed E-state index contributed by atoms with van der Waals surface area (Å²) in [6.45, 7) is 4.21. The maximum Gasteiger partial charge on any atom is 0.339 e. The van der Waals surface area contributed by atoms with Gasteiger partial charge in [-0.15, -0.1) is 11.3 Å². The van der Waals surface area contributed by atoms with E-state index < -0.39 is 5.97 Å². The number of hydrogen-bond acceptors (Lipinski definition) is 3. The minimum atomic E-state index is -0.928. The standard InChI is InChI=1S/C15H21NO3S/c1-3-4-5-12(17)16-14-13(15(18)19)10-7-6-9(2)8-11(10)20-14/h9H,3-8H2,1-2H3,(H,16,17)(H,18,19). The van der Waals surface area contributed by atoms with Gasteiger partial charge in [-0.25, -0.2) is 4.79 Å². The maximum atomic E-state index is 11.8. The summed E-state index contributed by atoms with van der Waals surface area (Å²) >= 11 is 1.44. The third-order valence-corrected chi connectivity index (χ3v) is 4.91. The molecule has 110 valence electrons. The summed E-state index contributed by atoms with van der Waals surface area (Å²) in [7, 11) is 0. The smallest absolute Gasteiger partial charge is 0.339 e. The zero-order valence-electron chi connectivity index (χ0n) is 12.0. The topological polar surface area (TPSA) is 66.4 Å². The molecule has 0 radical (unpaired) electrons. The SMILES string of the molecule is CCCCC(=O)Nc1sc2c(c1C(=O)O)CCC(C)C2. The van der Waals surface area contributed by atoms with Crippen LogP contribution in [0.4, 0.5) is 5.00 Å². The molecule has 0 saturated heterocycles. The van der Waals surface area contributed by atoms with E-state index in [4.69, 9.17) is 0 Å². The van der Waals surface area contributed by atoms with Crippen LogP contribution in [0.2, 0.25) is 0 Å². The monoisotopic (exact) mass is 295 g/mol. The van der Waals surface area contributed by atoms with Gasteiger partial charge in [0, 0.05) is 11.3 Å². The second-order valence-electron chi connectivity index (χ2n) is 5.51. The molecule has 0 aliphatic heterocycles. The Morgan fingerprint density at radius 2 is 2.20 bits per heavy atom. The average Bonchev–Trinajstić information content (AvgIpc) is 2.73. The summed E-state index contributed by atoms with van der Waals surface area (Å²) < 4.78 is 0. The zero-order chi connectivity index (χ0) is 14.7. The third-order valence-electron chi connectivity index (χ3n) is 3.74. The lowest BCUT2D eigenvalue weighted by atomic mass is 9.88. The van der Waals surface area contributed by atoms with E-state index in [9.17, 15) is 14.7 Å². The number of carboxylic acids is 1. The van der Waals surface area contributed by atoms with Crippen molar-refractivity contribution in [1.29, 1.82) is 0 Å². The molecule has 2 rings (SSSR count). The third kappa shape index (κ3) is 3.20. The zero-order valence-corrected chi connectivity index (χ0v) is 12.8. The molecule has 20 heavy (non-hydrogen) atoms. The van der Waals surface area contributed by atoms with Crippen LogP contribution in [0, 0.1) is 5.92 Å². The molecule has 0 fully saturated rings. The van der Waals surface area contributed by atoms with Gasteiger partial charge in [-0.05, 0) is 37.2 Å². The number of unbranched alkanes of at least 4 members (excludes halogenated alkanes) is 1. The Labute approximate surface area is 123 Å². The molecular weight excluding hydrogens is 274 g/mol. The number of rotatable bonds is 5. The van der Waals surface area contributed by atoms with Crippen LogP contribution in [0.5, 0.6) is 0 Å². The summed E-state index contributed by atoms with van der Waals surface area (Å²) in [5.74, 6) is -0.421. The van der Waals surface area contributed by atoms with Crippen LogP contribution in [-0.2, 0) is 17.6 Å². The molecule has 1 amide bonds. The van der Waals surface area contributed by atoms with Gasteiger partial charge in [-0.2, -0.15) is 0 Å². The summed E-state index contributed by atoms with van der Waals surface area (Å²) in [5.41, 5.74) is 1.26. The summed E-state index contributed by atoms with van der Waals surface area (Å²) in [6.07, 6.45) is 4.99. The van der Waals surface area contributed by atoms with Gasteiger partial charge in [0.15, 0.2) is 0 Å². The average molecular weight is 295 g/mol. The Morgan fingerprint density at radius 3 is 2.85 bits per heavy atom.